The van der Waals surface area contributed by atoms with E-state index in [-0.39, 0.29) is 0 Å². The van der Waals surface area contributed by atoms with Crippen LogP contribution in [0.4, 0.5) is 17.1 Å². The molecule has 148 heavy (non-hydrogen) atoms. The largest absolute Gasteiger partial charge is 0.309 e. The average Bonchev–Trinajstić information content (AvgIpc) is 1.54. The molecule has 0 spiro atoms. The van der Waals surface area contributed by atoms with Crippen LogP contribution in [0.3, 0.4) is 0 Å². The van der Waals surface area contributed by atoms with Crippen molar-refractivity contribution in [1.82, 2.24) is 49.4 Å². The molecule has 692 valence electrons. The van der Waals surface area contributed by atoms with E-state index in [1.165, 1.54) is 109 Å². The highest BCUT2D eigenvalue weighted by Gasteiger charge is 2.32. The summed E-state index contributed by atoms with van der Waals surface area (Å²) < 4.78 is 2.43. The van der Waals surface area contributed by atoms with E-state index < -0.39 is 0 Å². The Bertz CT molecular complexity index is 9490. The van der Waals surface area contributed by atoms with Crippen molar-refractivity contribution < 1.29 is 0 Å². The van der Waals surface area contributed by atoms with Crippen LogP contribution in [0.1, 0.15) is 0 Å². The SMILES string of the molecule is c1ccc(-c2nc(-c3ccccc3)nc(-c3cccc(-c4ccc5c6ccccc6c6ccccc6c5c4)c3)n2)cc1.c1ccc(-c2nc(-c3ccccc3)nc(-c3cccc(-c4cccc(-c5ccc6c7ccccc7c7ccccc7c6c5)c4)c3)n2)cc1.c1ccc(-c2nc(-c3ccccc3)nc(-c3cccc(-c4cccc(N5c6ccccc6-c6c(n(-c7ccccc7)c7ccccc67)-c6ccccc65)c4)c3)n2)cc1. The van der Waals surface area contributed by atoms with Crippen LogP contribution in [0.15, 0.2) is 540 Å². The summed E-state index contributed by atoms with van der Waals surface area (Å²) in [6, 6.07) is 189. The van der Waals surface area contributed by atoms with Gasteiger partial charge in [0.2, 0.25) is 0 Å². The fourth-order valence-corrected chi connectivity index (χ4v) is 21.0. The molecule has 23 aromatic carbocycles. The lowest BCUT2D eigenvalue weighted by molar-refractivity contribution is 1.07. The van der Waals surface area contributed by atoms with Gasteiger partial charge in [0, 0.05) is 83.5 Å². The van der Waals surface area contributed by atoms with Gasteiger partial charge >= 0.3 is 0 Å². The Balaban J connectivity index is 0.000000114. The van der Waals surface area contributed by atoms with E-state index in [1.807, 2.05) is 182 Å². The highest BCUT2D eigenvalue weighted by atomic mass is 15.2. The molecule has 0 fully saturated rings. The average molecular weight is 1890 g/mol. The summed E-state index contributed by atoms with van der Waals surface area (Å²) in [6.07, 6.45) is 0. The zero-order valence-corrected chi connectivity index (χ0v) is 80.3. The number of para-hydroxylation sites is 4. The van der Waals surface area contributed by atoms with Crippen LogP contribution < -0.4 is 4.90 Å². The van der Waals surface area contributed by atoms with E-state index in [0.717, 1.165) is 106 Å². The molecule has 5 heterocycles. The minimum Gasteiger partial charge on any atom is -0.309 e. The number of nitrogens with zero attached hydrogens (tertiary/aromatic N) is 11. The van der Waals surface area contributed by atoms with Gasteiger partial charge in [-0.3, -0.25) is 0 Å². The Morgan fingerprint density at radius 2 is 0.345 bits per heavy atom. The molecule has 0 bridgehead atoms. The Morgan fingerprint density at radius 3 is 0.682 bits per heavy atom. The first kappa shape index (κ1) is 88.2. The van der Waals surface area contributed by atoms with E-state index in [1.54, 1.807) is 0 Å². The molecule has 0 N–H and O–H groups in total. The van der Waals surface area contributed by atoms with Gasteiger partial charge in [0.05, 0.1) is 22.6 Å². The maximum Gasteiger partial charge on any atom is 0.164 e. The summed E-state index contributed by atoms with van der Waals surface area (Å²) in [6.45, 7) is 0. The molecule has 1 aliphatic rings. The molecule has 11 heteroatoms. The highest BCUT2D eigenvalue weighted by Crippen LogP contribution is 2.55. The van der Waals surface area contributed by atoms with Gasteiger partial charge in [-0.1, -0.05) is 461 Å². The molecular weight excluding hydrogens is 1800 g/mol. The smallest absolute Gasteiger partial charge is 0.164 e. The third kappa shape index (κ3) is 16.9. The molecule has 0 amide bonds. The first-order valence-corrected chi connectivity index (χ1v) is 49.9. The molecule has 0 saturated carbocycles. The standard InChI is InChI=1S/C53H35N5.C45H29N3.C39H25N3/c1-4-18-36(19-5-1)51-54-52(37-20-6-2-7-21-37)56-53(55-51)40-24-16-22-38(34-40)39-23-17-27-42(35-39)57-46-31-13-10-28-43(46)49-44-29-11-14-32-47(44)58(41-25-8-3-9-26-41)50(49)45-30-12-15-33-48(45)57;1-3-13-30(14-4-1)43-46-44(31-15-5-2-6-16-31)48-45(47-43)36-20-12-19-34(28-36)32-17-11-18-33(27-32)35-25-26-41-39-23-8-7-21-37(39)38-22-9-10-24-40(38)42(41)29-35;1-3-12-26(13-4-1)37-40-38(27-14-5-2-6-15-27)42-39(41-37)30-17-11-16-28(24-30)29-22-23-35-33-20-8-7-18-31(33)32-19-9-10-21-34(32)36(35)25-29/h1-35H;1-29H;1-25H. The highest BCUT2D eigenvalue weighted by molar-refractivity contribution is 6.27. The fourth-order valence-electron chi connectivity index (χ4n) is 21.0. The van der Waals surface area contributed by atoms with Crippen molar-refractivity contribution in [2.24, 2.45) is 0 Å². The molecule has 0 atom stereocenters. The normalized spacial score (nSPS) is 11.5. The van der Waals surface area contributed by atoms with Crippen LogP contribution in [0.2, 0.25) is 0 Å². The van der Waals surface area contributed by atoms with Gasteiger partial charge in [0.1, 0.15) is 0 Å². The van der Waals surface area contributed by atoms with Crippen LogP contribution in [0.5, 0.6) is 0 Å². The van der Waals surface area contributed by atoms with Gasteiger partial charge in [0.25, 0.3) is 0 Å². The van der Waals surface area contributed by atoms with Crippen molar-refractivity contribution in [2.75, 3.05) is 4.90 Å². The lowest BCUT2D eigenvalue weighted by atomic mass is 9.91. The van der Waals surface area contributed by atoms with Gasteiger partial charge in [-0.15, -0.1) is 0 Å². The number of anilines is 3. The lowest BCUT2D eigenvalue weighted by Gasteiger charge is -2.28. The maximum absolute atomic E-state index is 5.02. The maximum atomic E-state index is 5.02. The number of fused-ring (bicyclic) bond motifs is 19. The third-order valence-electron chi connectivity index (χ3n) is 28.0. The van der Waals surface area contributed by atoms with E-state index in [2.05, 4.69) is 367 Å². The second-order valence-electron chi connectivity index (χ2n) is 37.0. The summed E-state index contributed by atoms with van der Waals surface area (Å²) >= 11 is 0. The second kappa shape index (κ2) is 38.8. The minimum absolute atomic E-state index is 0.630. The fraction of sp³-hybridized carbons (Fsp3) is 0. The van der Waals surface area contributed by atoms with E-state index >= 15 is 0 Å². The molecule has 11 nitrogen and oxygen atoms in total. The third-order valence-corrected chi connectivity index (χ3v) is 28.0. The minimum atomic E-state index is 0.630. The quantitative estimate of drug-likeness (QED) is 0.0916. The Kier molecular flexibility index (Phi) is 23.1. The zero-order valence-electron chi connectivity index (χ0n) is 80.3. The molecule has 28 rings (SSSR count). The van der Waals surface area contributed by atoms with Crippen molar-refractivity contribution >= 4 is 92.6 Å². The summed E-state index contributed by atoms with van der Waals surface area (Å²) in [5, 5.41) is 16.5. The van der Waals surface area contributed by atoms with Crippen molar-refractivity contribution in [1.29, 1.82) is 0 Å². The first-order chi connectivity index (χ1) is 73.4. The first-order valence-electron chi connectivity index (χ1n) is 49.9. The summed E-state index contributed by atoms with van der Waals surface area (Å²) in [5.41, 5.74) is 28.0. The predicted molar refractivity (Wildman–Crippen MR) is 611 cm³/mol. The van der Waals surface area contributed by atoms with Crippen LogP contribution in [-0.4, -0.2) is 49.4 Å². The number of benzene rings is 23. The summed E-state index contributed by atoms with van der Waals surface area (Å²) in [4.78, 5) is 46.9. The second-order valence-corrected chi connectivity index (χ2v) is 37.0. The van der Waals surface area contributed by atoms with Crippen molar-refractivity contribution in [3.05, 3.63) is 540 Å². The van der Waals surface area contributed by atoms with Gasteiger partial charge in [0.15, 0.2) is 52.4 Å². The Hall–Kier alpha value is -20.0. The van der Waals surface area contributed by atoms with E-state index in [0.29, 0.717) is 52.4 Å². The van der Waals surface area contributed by atoms with Crippen LogP contribution in [0.25, 0.3) is 251 Å². The van der Waals surface area contributed by atoms with Gasteiger partial charge in [-0.2, -0.15) is 0 Å². The van der Waals surface area contributed by atoms with E-state index in [4.69, 9.17) is 44.9 Å². The van der Waals surface area contributed by atoms with Gasteiger partial charge in [-0.25, -0.2) is 44.9 Å². The van der Waals surface area contributed by atoms with Crippen LogP contribution in [0, 0.1) is 0 Å². The summed E-state index contributed by atoms with van der Waals surface area (Å²) in [7, 11) is 0. The lowest BCUT2D eigenvalue weighted by Crippen LogP contribution is -2.11. The molecule has 0 aliphatic carbocycles. The monoisotopic (exact) mass is 1890 g/mol. The Labute approximate surface area is 855 Å². The Morgan fingerprint density at radius 1 is 0.128 bits per heavy atom. The van der Waals surface area contributed by atoms with Crippen LogP contribution in [-0.2, 0) is 0 Å². The van der Waals surface area contributed by atoms with E-state index in [9.17, 15) is 0 Å². The molecule has 0 saturated heterocycles. The molecule has 4 aromatic heterocycles. The number of hydrogen-bond donors (Lipinski definition) is 0. The molecule has 0 radical (unpaired) electrons. The molecule has 0 unspecified atom stereocenters. The zero-order chi connectivity index (χ0) is 98.2. The van der Waals surface area contributed by atoms with Crippen molar-refractivity contribution in [3.63, 3.8) is 0 Å². The number of rotatable bonds is 15. The van der Waals surface area contributed by atoms with Gasteiger partial charge in [-0.05, 0) is 188 Å². The summed E-state index contributed by atoms with van der Waals surface area (Å²) in [5.74, 6) is 5.85. The van der Waals surface area contributed by atoms with Gasteiger partial charge < -0.3 is 9.47 Å². The topological polar surface area (TPSA) is 124 Å². The molecule has 1 aliphatic heterocycles. The van der Waals surface area contributed by atoms with Crippen LogP contribution >= 0.6 is 0 Å². The van der Waals surface area contributed by atoms with Crippen molar-refractivity contribution in [2.45, 2.75) is 0 Å². The predicted octanol–water partition coefficient (Wildman–Crippen LogP) is 35.3. The van der Waals surface area contributed by atoms with Crippen molar-refractivity contribution in [3.8, 4) is 175 Å². The molecular formula is C137H89N11. The number of hydrogen-bond acceptors (Lipinski definition) is 10. The number of aromatic nitrogens is 10. The molecule has 27 aromatic rings.